The predicted octanol–water partition coefficient (Wildman–Crippen LogP) is 6.21. The van der Waals surface area contributed by atoms with Crippen LogP contribution in [0.2, 0.25) is 0 Å². The Bertz CT molecular complexity index is 829. The molecule has 3 nitrogen and oxygen atoms in total. The summed E-state index contributed by atoms with van der Waals surface area (Å²) in [5, 5.41) is 9.43. The maximum absolute atomic E-state index is 14.1. The Labute approximate surface area is 182 Å². The number of alkyl halides is 17. The summed E-state index contributed by atoms with van der Waals surface area (Å²) in [6.45, 7) is 3.38. The summed E-state index contributed by atoms with van der Waals surface area (Å²) >= 11 is 0. The maximum atomic E-state index is 14.1. The van der Waals surface area contributed by atoms with Gasteiger partial charge in [-0.15, -0.1) is 0 Å². The van der Waals surface area contributed by atoms with Gasteiger partial charge in [0.25, 0.3) is 5.79 Å². The van der Waals surface area contributed by atoms with Crippen molar-refractivity contribution in [2.75, 3.05) is 0 Å². The van der Waals surface area contributed by atoms with Gasteiger partial charge in [0.15, 0.2) is 0 Å². The van der Waals surface area contributed by atoms with Gasteiger partial charge in [0, 0.05) is 12.0 Å². The SMILES string of the molecule is C=C(C)C(=O)OC(O)(CC)C(F)(F)C(F)(F)C(F)(F)C(F)(F)C(F)(F)C(F)(F)C(F)(F)C(F)(F)F. The summed E-state index contributed by atoms with van der Waals surface area (Å²) in [5.74, 6) is -66.3. The number of rotatable bonds is 10. The van der Waals surface area contributed by atoms with Crippen LogP contribution in [0.3, 0.4) is 0 Å². The minimum Gasteiger partial charge on any atom is -0.423 e. The van der Waals surface area contributed by atoms with E-state index in [0.29, 0.717) is 6.92 Å². The van der Waals surface area contributed by atoms with Crippen LogP contribution in [-0.2, 0) is 9.53 Å². The zero-order chi connectivity index (χ0) is 29.1. The van der Waals surface area contributed by atoms with Crippen molar-refractivity contribution in [3.05, 3.63) is 12.2 Å². The van der Waals surface area contributed by atoms with Crippen molar-refractivity contribution in [2.24, 2.45) is 0 Å². The molecule has 0 amide bonds. The molecule has 0 bridgehead atoms. The summed E-state index contributed by atoms with van der Waals surface area (Å²) in [4.78, 5) is 11.2. The van der Waals surface area contributed by atoms with Crippen LogP contribution in [0.15, 0.2) is 12.2 Å². The highest BCUT2D eigenvalue weighted by atomic mass is 19.4. The lowest BCUT2D eigenvalue weighted by molar-refractivity contribution is -0.474. The molecule has 0 saturated carbocycles. The number of hydrogen-bond donors (Lipinski definition) is 1. The quantitative estimate of drug-likeness (QED) is 0.149. The lowest BCUT2D eigenvalue weighted by Gasteiger charge is -2.45. The Balaban J connectivity index is 7.00. The highest BCUT2D eigenvalue weighted by Gasteiger charge is 2.96. The second kappa shape index (κ2) is 8.53. The van der Waals surface area contributed by atoms with Gasteiger partial charge in [0.2, 0.25) is 0 Å². The summed E-state index contributed by atoms with van der Waals surface area (Å²) in [7, 11) is 0. The first-order chi connectivity index (χ1) is 14.9. The molecule has 0 aliphatic carbocycles. The maximum Gasteiger partial charge on any atom is 0.460 e. The molecule has 208 valence electrons. The van der Waals surface area contributed by atoms with E-state index >= 15 is 0 Å². The molecule has 0 aromatic carbocycles. The van der Waals surface area contributed by atoms with Crippen LogP contribution in [0.1, 0.15) is 20.3 Å². The Hall–Kier alpha value is -2.02. The zero-order valence-corrected chi connectivity index (χ0v) is 16.6. The summed E-state index contributed by atoms with van der Waals surface area (Å²) in [6, 6.07) is 0. The Morgan fingerprint density at radius 2 is 0.886 bits per heavy atom. The van der Waals surface area contributed by atoms with Crippen LogP contribution in [0.4, 0.5) is 74.6 Å². The second-order valence-electron chi connectivity index (χ2n) is 6.83. The van der Waals surface area contributed by atoms with E-state index in [2.05, 4.69) is 11.3 Å². The molecule has 0 rings (SSSR count). The van der Waals surface area contributed by atoms with Crippen LogP contribution in [0, 0.1) is 0 Å². The number of halogens is 17. The van der Waals surface area contributed by atoms with Crippen molar-refractivity contribution in [1.29, 1.82) is 0 Å². The Kier molecular flexibility index (Phi) is 8.04. The molecule has 0 aromatic heterocycles. The van der Waals surface area contributed by atoms with Gasteiger partial charge in [-0.05, 0) is 6.92 Å². The first-order valence-corrected chi connectivity index (χ1v) is 8.21. The smallest absolute Gasteiger partial charge is 0.423 e. The molecule has 1 N–H and O–H groups in total. The van der Waals surface area contributed by atoms with Crippen LogP contribution in [-0.4, -0.2) is 64.5 Å². The monoisotopic (exact) mass is 562 g/mol. The third kappa shape index (κ3) is 4.28. The summed E-state index contributed by atoms with van der Waals surface area (Å²) in [6.07, 6.45) is -9.98. The molecule has 20 heteroatoms. The van der Waals surface area contributed by atoms with Gasteiger partial charge >= 0.3 is 53.6 Å². The molecule has 0 saturated heterocycles. The first kappa shape index (κ1) is 33.0. The number of carbonyl (C=O) groups is 1. The molecular formula is C15H11F17O3. The third-order valence-electron chi connectivity index (χ3n) is 4.30. The molecule has 1 unspecified atom stereocenters. The molecule has 0 spiro atoms. The first-order valence-electron chi connectivity index (χ1n) is 8.21. The van der Waals surface area contributed by atoms with E-state index in [9.17, 15) is 84.5 Å². The lowest BCUT2D eigenvalue weighted by atomic mass is 9.86. The summed E-state index contributed by atoms with van der Waals surface area (Å²) in [5.41, 5.74) is -1.03. The highest BCUT2D eigenvalue weighted by molar-refractivity contribution is 5.87. The molecule has 0 radical (unpaired) electrons. The van der Waals surface area contributed by atoms with E-state index in [1.54, 1.807) is 0 Å². The van der Waals surface area contributed by atoms with Crippen molar-refractivity contribution in [2.45, 2.75) is 73.7 Å². The standard InChI is InChI=1S/C15H11F17O3/c1-4-7(34,35-6(33)5(2)3)8(16,17)9(18,19)10(20,21)11(22,23)12(24,25)13(26,27)14(28,29)15(30,31)32/h34H,2,4H2,1,3H3. The number of hydrogen-bond acceptors (Lipinski definition) is 3. The van der Waals surface area contributed by atoms with Crippen LogP contribution >= 0.6 is 0 Å². The van der Waals surface area contributed by atoms with Crippen LogP contribution in [0.5, 0.6) is 0 Å². The minimum atomic E-state index is -8.81. The van der Waals surface area contributed by atoms with Gasteiger partial charge in [0.1, 0.15) is 0 Å². The second-order valence-corrected chi connectivity index (χ2v) is 6.83. The average molecular weight is 562 g/mol. The average Bonchev–Trinajstić information content (AvgIpc) is 2.65. The van der Waals surface area contributed by atoms with Gasteiger partial charge in [-0.2, -0.15) is 74.6 Å². The topological polar surface area (TPSA) is 46.5 Å². The highest BCUT2D eigenvalue weighted by Crippen LogP contribution is 2.65. The van der Waals surface area contributed by atoms with Gasteiger partial charge in [0.05, 0.1) is 0 Å². The molecule has 0 heterocycles. The van der Waals surface area contributed by atoms with Crippen molar-refractivity contribution in [3.63, 3.8) is 0 Å². The van der Waals surface area contributed by atoms with Crippen molar-refractivity contribution in [3.8, 4) is 0 Å². The number of esters is 1. The molecular weight excluding hydrogens is 551 g/mol. The number of ether oxygens (including phenoxy) is 1. The molecule has 1 atom stereocenters. The van der Waals surface area contributed by atoms with Gasteiger partial charge in [-0.1, -0.05) is 13.5 Å². The van der Waals surface area contributed by atoms with Crippen molar-refractivity contribution < 1.29 is 89.3 Å². The molecule has 0 aliphatic rings. The largest absolute Gasteiger partial charge is 0.460 e. The van der Waals surface area contributed by atoms with E-state index in [4.69, 9.17) is 0 Å². The van der Waals surface area contributed by atoms with Crippen LogP contribution < -0.4 is 0 Å². The van der Waals surface area contributed by atoms with Gasteiger partial charge < -0.3 is 9.84 Å². The van der Waals surface area contributed by atoms with Gasteiger partial charge in [-0.3, -0.25) is 0 Å². The van der Waals surface area contributed by atoms with Crippen molar-refractivity contribution in [1.82, 2.24) is 0 Å². The molecule has 0 aromatic rings. The van der Waals surface area contributed by atoms with E-state index in [1.807, 2.05) is 0 Å². The van der Waals surface area contributed by atoms with E-state index < -0.39 is 71.4 Å². The van der Waals surface area contributed by atoms with E-state index in [-0.39, 0.29) is 6.92 Å². The molecule has 0 aliphatic heterocycles. The fourth-order valence-corrected chi connectivity index (χ4v) is 2.01. The van der Waals surface area contributed by atoms with Crippen LogP contribution in [0.25, 0.3) is 0 Å². The Morgan fingerprint density at radius 3 is 1.11 bits per heavy atom. The van der Waals surface area contributed by atoms with Gasteiger partial charge in [-0.25, -0.2) is 4.79 Å². The number of aliphatic hydroxyl groups is 1. The predicted molar refractivity (Wildman–Crippen MR) is 76.8 cm³/mol. The normalized spacial score (nSPS) is 17.1. The van der Waals surface area contributed by atoms with E-state index in [0.717, 1.165) is 0 Å². The third-order valence-corrected chi connectivity index (χ3v) is 4.30. The van der Waals surface area contributed by atoms with E-state index in [1.165, 1.54) is 0 Å². The molecule has 35 heavy (non-hydrogen) atoms. The van der Waals surface area contributed by atoms with Crippen molar-refractivity contribution >= 4 is 5.97 Å². The lowest BCUT2D eigenvalue weighted by Crippen LogP contribution is -2.76. The minimum absolute atomic E-state index is 0.138. The fraction of sp³-hybridized carbons (Fsp3) is 0.800. The molecule has 0 fully saturated rings. The zero-order valence-electron chi connectivity index (χ0n) is 16.6. The summed E-state index contributed by atoms with van der Waals surface area (Å²) < 4.78 is 229. The fourth-order valence-electron chi connectivity index (χ4n) is 2.01. The Morgan fingerprint density at radius 1 is 0.629 bits per heavy atom. The number of carbonyl (C=O) groups excluding carboxylic acids is 1.